The maximum Gasteiger partial charge on any atom is 0.165 e. The highest BCUT2D eigenvalue weighted by Crippen LogP contribution is 2.27. The van der Waals surface area contributed by atoms with E-state index in [0.29, 0.717) is 11.3 Å². The second-order valence-electron chi connectivity index (χ2n) is 5.14. The molecule has 0 aromatic heterocycles. The van der Waals surface area contributed by atoms with Crippen LogP contribution in [0.25, 0.3) is 0 Å². The molecule has 0 saturated heterocycles. The summed E-state index contributed by atoms with van der Waals surface area (Å²) >= 11 is 0. The molecule has 24 heavy (non-hydrogen) atoms. The predicted molar refractivity (Wildman–Crippen MR) is 91.2 cm³/mol. The van der Waals surface area contributed by atoms with Crippen molar-refractivity contribution in [1.29, 1.82) is 0 Å². The van der Waals surface area contributed by atoms with Gasteiger partial charge in [0.2, 0.25) is 0 Å². The fraction of sp³-hybridized carbons (Fsp3) is 0.0476. The molecule has 0 unspecified atom stereocenters. The highest BCUT2D eigenvalue weighted by molar-refractivity contribution is 5.40. The summed E-state index contributed by atoms with van der Waals surface area (Å²) < 4.78 is 19.5. The van der Waals surface area contributed by atoms with Crippen molar-refractivity contribution in [3.05, 3.63) is 95.8 Å². The number of aliphatic hydroxyl groups is 1. The molecule has 3 heteroatoms. The minimum Gasteiger partial charge on any atom is -0.454 e. The van der Waals surface area contributed by atoms with Gasteiger partial charge in [0.05, 0.1) is 0 Å². The van der Waals surface area contributed by atoms with E-state index in [1.54, 1.807) is 24.3 Å². The Morgan fingerprint density at radius 2 is 1.54 bits per heavy atom. The Hall–Kier alpha value is -3.09. The first-order valence-electron chi connectivity index (χ1n) is 7.49. The highest BCUT2D eigenvalue weighted by Gasteiger charge is 2.10. The van der Waals surface area contributed by atoms with Gasteiger partial charge in [0.25, 0.3) is 0 Å². The zero-order valence-electron chi connectivity index (χ0n) is 12.8. The molecule has 0 radical (unpaired) electrons. The van der Waals surface area contributed by atoms with Gasteiger partial charge in [-0.15, -0.1) is 0 Å². The maximum absolute atomic E-state index is 13.9. The fourth-order valence-electron chi connectivity index (χ4n) is 2.14. The van der Waals surface area contributed by atoms with Gasteiger partial charge in [0.1, 0.15) is 11.9 Å². The first kappa shape index (κ1) is 15.8. The molecular formula is C21H15FO2. The van der Waals surface area contributed by atoms with Crippen LogP contribution in [0.5, 0.6) is 11.5 Å². The van der Waals surface area contributed by atoms with Crippen molar-refractivity contribution < 1.29 is 14.2 Å². The third-order valence-electron chi connectivity index (χ3n) is 3.37. The van der Waals surface area contributed by atoms with Crippen molar-refractivity contribution in [2.75, 3.05) is 0 Å². The number of para-hydroxylation sites is 1. The van der Waals surface area contributed by atoms with Crippen LogP contribution in [0, 0.1) is 17.7 Å². The van der Waals surface area contributed by atoms with E-state index in [1.165, 1.54) is 18.2 Å². The minimum absolute atomic E-state index is 0.0549. The van der Waals surface area contributed by atoms with Crippen molar-refractivity contribution in [1.82, 2.24) is 0 Å². The third kappa shape index (κ3) is 4.01. The molecule has 1 N–H and O–H groups in total. The molecular weight excluding hydrogens is 303 g/mol. The lowest BCUT2D eigenvalue weighted by Gasteiger charge is -2.10. The summed E-state index contributed by atoms with van der Waals surface area (Å²) in [4.78, 5) is 0. The lowest BCUT2D eigenvalue weighted by molar-refractivity contribution is 0.237. The maximum atomic E-state index is 13.9. The number of halogens is 1. The van der Waals surface area contributed by atoms with Gasteiger partial charge >= 0.3 is 0 Å². The van der Waals surface area contributed by atoms with Gasteiger partial charge in [-0.25, -0.2) is 4.39 Å². The predicted octanol–water partition coefficient (Wildman–Crippen LogP) is 4.70. The first-order valence-corrected chi connectivity index (χ1v) is 7.49. The van der Waals surface area contributed by atoms with Crippen molar-refractivity contribution >= 4 is 0 Å². The number of hydrogen-bond donors (Lipinski definition) is 1. The van der Waals surface area contributed by atoms with Gasteiger partial charge < -0.3 is 9.84 Å². The van der Waals surface area contributed by atoms with Crippen LogP contribution in [0.2, 0.25) is 0 Å². The highest BCUT2D eigenvalue weighted by atomic mass is 19.1. The molecule has 0 saturated carbocycles. The molecule has 3 aromatic rings. The minimum atomic E-state index is -1.02. The van der Waals surface area contributed by atoms with Gasteiger partial charge in [-0.2, -0.15) is 0 Å². The van der Waals surface area contributed by atoms with Gasteiger partial charge in [0.15, 0.2) is 11.6 Å². The van der Waals surface area contributed by atoms with Crippen LogP contribution in [0.1, 0.15) is 17.2 Å². The summed E-state index contributed by atoms with van der Waals surface area (Å²) in [5.74, 6) is 5.73. The van der Waals surface area contributed by atoms with E-state index in [-0.39, 0.29) is 5.75 Å². The molecule has 118 valence electrons. The molecule has 3 aromatic carbocycles. The Labute approximate surface area is 140 Å². The van der Waals surface area contributed by atoms with Crippen molar-refractivity contribution in [2.45, 2.75) is 6.10 Å². The molecule has 1 atom stereocenters. The standard InChI is InChI=1S/C21H15FO2/c22-19-13-12-17(15-21(19)24-18-9-5-2-6-10-18)20(23)14-11-16-7-3-1-4-8-16/h1-10,12-13,15,20,23H/t20-/m1/s1. The van der Waals surface area contributed by atoms with Crippen LogP contribution >= 0.6 is 0 Å². The van der Waals surface area contributed by atoms with Crippen molar-refractivity contribution in [3.63, 3.8) is 0 Å². The van der Waals surface area contributed by atoms with Crippen LogP contribution in [0.4, 0.5) is 4.39 Å². The Morgan fingerprint density at radius 3 is 2.25 bits per heavy atom. The summed E-state index contributed by atoms with van der Waals surface area (Å²) in [6, 6.07) is 22.5. The molecule has 0 aliphatic heterocycles. The van der Waals surface area contributed by atoms with E-state index in [9.17, 15) is 9.50 Å². The lowest BCUT2D eigenvalue weighted by Crippen LogP contribution is -1.96. The van der Waals surface area contributed by atoms with E-state index < -0.39 is 11.9 Å². The van der Waals surface area contributed by atoms with Gasteiger partial charge in [-0.05, 0) is 42.0 Å². The molecule has 0 heterocycles. The summed E-state index contributed by atoms with van der Waals surface area (Å²) in [5, 5.41) is 10.2. The van der Waals surface area contributed by atoms with Crippen LogP contribution in [-0.2, 0) is 0 Å². The smallest absolute Gasteiger partial charge is 0.165 e. The number of rotatable bonds is 3. The van der Waals surface area contributed by atoms with E-state index in [4.69, 9.17) is 4.74 Å². The van der Waals surface area contributed by atoms with Gasteiger partial charge in [-0.3, -0.25) is 0 Å². The number of hydrogen-bond acceptors (Lipinski definition) is 2. The number of ether oxygens (including phenoxy) is 1. The van der Waals surface area contributed by atoms with E-state index in [0.717, 1.165) is 5.56 Å². The largest absolute Gasteiger partial charge is 0.454 e. The zero-order chi connectivity index (χ0) is 16.8. The quantitative estimate of drug-likeness (QED) is 0.709. The molecule has 0 aliphatic carbocycles. The van der Waals surface area contributed by atoms with Crippen LogP contribution < -0.4 is 4.74 Å². The molecule has 3 rings (SSSR count). The molecule has 0 aliphatic rings. The Bertz CT molecular complexity index is 865. The van der Waals surface area contributed by atoms with E-state index in [2.05, 4.69) is 11.8 Å². The topological polar surface area (TPSA) is 29.5 Å². The average Bonchev–Trinajstić information content (AvgIpc) is 2.63. The molecule has 0 amide bonds. The van der Waals surface area contributed by atoms with Crippen LogP contribution in [0.15, 0.2) is 78.9 Å². The van der Waals surface area contributed by atoms with E-state index in [1.807, 2.05) is 36.4 Å². The summed E-state index contributed by atoms with van der Waals surface area (Å²) in [6.07, 6.45) is -1.02. The molecule has 0 fully saturated rings. The second kappa shape index (κ2) is 7.45. The SMILES string of the molecule is O[C@H](C#Cc1ccccc1)c1ccc(F)c(Oc2ccccc2)c1. The van der Waals surface area contributed by atoms with Gasteiger partial charge in [-0.1, -0.05) is 54.3 Å². The Kier molecular flexibility index (Phi) is 4.90. The Morgan fingerprint density at radius 1 is 0.875 bits per heavy atom. The third-order valence-corrected chi connectivity index (χ3v) is 3.37. The average molecular weight is 318 g/mol. The number of benzene rings is 3. The molecule has 0 bridgehead atoms. The Balaban J connectivity index is 1.81. The molecule has 0 spiro atoms. The number of aliphatic hydroxyl groups excluding tert-OH is 1. The van der Waals surface area contributed by atoms with Gasteiger partial charge in [0, 0.05) is 5.56 Å². The van der Waals surface area contributed by atoms with Crippen molar-refractivity contribution in [3.8, 4) is 23.3 Å². The monoisotopic (exact) mass is 318 g/mol. The summed E-state index contributed by atoms with van der Waals surface area (Å²) in [7, 11) is 0. The van der Waals surface area contributed by atoms with E-state index >= 15 is 0 Å². The first-order chi connectivity index (χ1) is 11.7. The molecule has 2 nitrogen and oxygen atoms in total. The van der Waals surface area contributed by atoms with Crippen molar-refractivity contribution in [2.24, 2.45) is 0 Å². The fourth-order valence-corrected chi connectivity index (χ4v) is 2.14. The normalized spacial score (nSPS) is 11.2. The zero-order valence-corrected chi connectivity index (χ0v) is 12.8. The van der Waals surface area contributed by atoms with Crippen LogP contribution in [0.3, 0.4) is 0 Å². The summed E-state index contributed by atoms with van der Waals surface area (Å²) in [5.41, 5.74) is 1.28. The second-order valence-corrected chi connectivity index (χ2v) is 5.14. The van der Waals surface area contributed by atoms with Crippen LogP contribution in [-0.4, -0.2) is 5.11 Å². The summed E-state index contributed by atoms with van der Waals surface area (Å²) in [6.45, 7) is 0. The lowest BCUT2D eigenvalue weighted by atomic mass is 10.1.